The van der Waals surface area contributed by atoms with Crippen LogP contribution in [-0.4, -0.2) is 21.2 Å². The molecule has 1 atom stereocenters. The molecule has 2 aromatic rings. The summed E-state index contributed by atoms with van der Waals surface area (Å²) in [5, 5.41) is 12.7. The fourth-order valence-corrected chi connectivity index (χ4v) is 2.06. The van der Waals surface area contributed by atoms with Gasteiger partial charge in [-0.3, -0.25) is 5.10 Å². The topological polar surface area (TPSA) is 82.7 Å². The minimum absolute atomic E-state index is 0.184. The van der Waals surface area contributed by atoms with E-state index in [1.54, 1.807) is 0 Å². The predicted octanol–water partition coefficient (Wildman–Crippen LogP) is 2.94. The minimum Gasteiger partial charge on any atom is -0.328 e. The molecule has 3 N–H and O–H groups in total. The summed E-state index contributed by atoms with van der Waals surface area (Å²) in [6.45, 7) is 7.85. The Balaban J connectivity index is 2.05. The van der Waals surface area contributed by atoms with Gasteiger partial charge in [0.25, 0.3) is 0 Å². The normalized spacial score (nSPS) is 12.2. The average Bonchev–Trinajstić information content (AvgIpc) is 2.82. The molecule has 0 fully saturated rings. The van der Waals surface area contributed by atoms with Gasteiger partial charge >= 0.3 is 6.03 Å². The Labute approximate surface area is 124 Å². The molecule has 0 aliphatic carbocycles. The molecule has 21 heavy (non-hydrogen) atoms. The number of aryl methyl sites for hydroxylation is 2. The van der Waals surface area contributed by atoms with Crippen molar-refractivity contribution in [2.75, 3.05) is 5.32 Å². The van der Waals surface area contributed by atoms with E-state index in [1.807, 2.05) is 52.0 Å². The first kappa shape index (κ1) is 15.0. The highest BCUT2D eigenvalue weighted by Crippen LogP contribution is 2.18. The zero-order valence-electron chi connectivity index (χ0n) is 12.8. The maximum absolute atomic E-state index is 12.1. The van der Waals surface area contributed by atoms with Gasteiger partial charge in [0.1, 0.15) is 5.82 Å². The predicted molar refractivity (Wildman–Crippen MR) is 82.0 cm³/mol. The van der Waals surface area contributed by atoms with Gasteiger partial charge in [-0.2, -0.15) is 5.10 Å². The van der Waals surface area contributed by atoms with E-state index in [-0.39, 0.29) is 18.0 Å². The number of carbonyl (C=O) groups is 1. The molecular weight excluding hydrogens is 266 g/mol. The second kappa shape index (κ2) is 6.39. The van der Waals surface area contributed by atoms with E-state index < -0.39 is 0 Å². The van der Waals surface area contributed by atoms with Gasteiger partial charge in [-0.15, -0.1) is 0 Å². The van der Waals surface area contributed by atoms with Crippen molar-refractivity contribution < 1.29 is 4.79 Å². The number of rotatable bonds is 4. The van der Waals surface area contributed by atoms with E-state index in [4.69, 9.17) is 0 Å². The monoisotopic (exact) mass is 287 g/mol. The van der Waals surface area contributed by atoms with Crippen LogP contribution in [0.5, 0.6) is 0 Å². The molecule has 0 aliphatic heterocycles. The van der Waals surface area contributed by atoms with Crippen LogP contribution in [-0.2, 0) is 0 Å². The summed E-state index contributed by atoms with van der Waals surface area (Å²) in [6, 6.07) is 7.16. The Hall–Kier alpha value is -2.37. The van der Waals surface area contributed by atoms with Crippen molar-refractivity contribution in [1.29, 1.82) is 0 Å². The molecule has 2 amide bonds. The number of carbonyl (C=O) groups excluding carboxylic acids is 1. The van der Waals surface area contributed by atoms with Crippen LogP contribution in [0.25, 0.3) is 0 Å². The van der Waals surface area contributed by atoms with Crippen molar-refractivity contribution in [2.24, 2.45) is 5.92 Å². The second-order valence-electron chi connectivity index (χ2n) is 5.47. The van der Waals surface area contributed by atoms with Gasteiger partial charge in [-0.25, -0.2) is 9.78 Å². The number of aromatic nitrogens is 3. The maximum Gasteiger partial charge on any atom is 0.319 e. The van der Waals surface area contributed by atoms with Crippen LogP contribution in [0.4, 0.5) is 10.5 Å². The number of nitrogens with one attached hydrogen (secondary N) is 3. The zero-order valence-corrected chi connectivity index (χ0v) is 12.8. The lowest BCUT2D eigenvalue weighted by molar-refractivity contribution is 0.244. The van der Waals surface area contributed by atoms with Crippen LogP contribution in [0.2, 0.25) is 0 Å². The molecule has 2 rings (SSSR count). The summed E-state index contributed by atoms with van der Waals surface area (Å²) < 4.78 is 0. The third kappa shape index (κ3) is 4.05. The van der Waals surface area contributed by atoms with Gasteiger partial charge < -0.3 is 10.6 Å². The molecule has 1 unspecified atom stereocenters. The number of hydrogen-bond donors (Lipinski definition) is 3. The minimum atomic E-state index is -0.262. The number of aromatic amines is 1. The zero-order chi connectivity index (χ0) is 15.4. The number of benzene rings is 1. The smallest absolute Gasteiger partial charge is 0.319 e. The molecule has 0 bridgehead atoms. The Morgan fingerprint density at radius 2 is 2.05 bits per heavy atom. The van der Waals surface area contributed by atoms with Gasteiger partial charge in [0.05, 0.1) is 6.04 Å². The van der Waals surface area contributed by atoms with Crippen molar-refractivity contribution in [3.8, 4) is 0 Å². The van der Waals surface area contributed by atoms with Gasteiger partial charge in [-0.05, 0) is 37.5 Å². The van der Waals surface area contributed by atoms with E-state index >= 15 is 0 Å². The standard InChI is InChI=1S/C15H21N5O/c1-9(2)13(14-16-11(4)19-20-14)18-15(21)17-12-7-5-6-10(3)8-12/h5-9,13H,1-4H3,(H,16,19,20)(H2,17,18,21). The Kier molecular flexibility index (Phi) is 4.57. The lowest BCUT2D eigenvalue weighted by atomic mass is 10.0. The largest absolute Gasteiger partial charge is 0.328 e. The summed E-state index contributed by atoms with van der Waals surface area (Å²) >= 11 is 0. The van der Waals surface area contributed by atoms with E-state index in [1.165, 1.54) is 0 Å². The van der Waals surface area contributed by atoms with E-state index in [9.17, 15) is 4.79 Å². The number of anilines is 1. The third-order valence-corrected chi connectivity index (χ3v) is 3.12. The summed E-state index contributed by atoms with van der Waals surface area (Å²) in [6.07, 6.45) is 0. The van der Waals surface area contributed by atoms with Crippen LogP contribution in [0.15, 0.2) is 24.3 Å². The average molecular weight is 287 g/mol. The van der Waals surface area contributed by atoms with Crippen LogP contribution in [0.3, 0.4) is 0 Å². The summed E-state index contributed by atoms with van der Waals surface area (Å²) in [4.78, 5) is 16.4. The van der Waals surface area contributed by atoms with Gasteiger partial charge in [-0.1, -0.05) is 26.0 Å². The highest BCUT2D eigenvalue weighted by molar-refractivity contribution is 5.89. The molecule has 0 radical (unpaired) electrons. The summed E-state index contributed by atoms with van der Waals surface area (Å²) in [5.41, 5.74) is 1.86. The Morgan fingerprint density at radius 3 is 2.62 bits per heavy atom. The third-order valence-electron chi connectivity index (χ3n) is 3.12. The molecular formula is C15H21N5O. The van der Waals surface area contributed by atoms with Gasteiger partial charge in [0.2, 0.25) is 0 Å². The van der Waals surface area contributed by atoms with Gasteiger partial charge in [0.15, 0.2) is 5.82 Å². The molecule has 0 aliphatic rings. The van der Waals surface area contributed by atoms with Crippen molar-refractivity contribution in [3.05, 3.63) is 41.5 Å². The molecule has 0 saturated heterocycles. The Morgan fingerprint density at radius 1 is 1.29 bits per heavy atom. The molecule has 112 valence electrons. The quantitative estimate of drug-likeness (QED) is 0.808. The molecule has 6 nitrogen and oxygen atoms in total. The highest BCUT2D eigenvalue weighted by Gasteiger charge is 2.22. The van der Waals surface area contributed by atoms with E-state index in [0.717, 1.165) is 17.1 Å². The molecule has 1 aromatic heterocycles. The van der Waals surface area contributed by atoms with Gasteiger partial charge in [0, 0.05) is 5.69 Å². The SMILES string of the molecule is Cc1cccc(NC(=O)NC(c2n[nH]c(C)n2)C(C)C)c1. The maximum atomic E-state index is 12.1. The summed E-state index contributed by atoms with van der Waals surface area (Å²) in [7, 11) is 0. The fourth-order valence-electron chi connectivity index (χ4n) is 2.06. The first-order chi connectivity index (χ1) is 9.95. The van der Waals surface area contributed by atoms with E-state index in [2.05, 4.69) is 25.8 Å². The number of amides is 2. The first-order valence-corrected chi connectivity index (χ1v) is 6.99. The first-order valence-electron chi connectivity index (χ1n) is 6.99. The number of H-pyrrole nitrogens is 1. The van der Waals surface area contributed by atoms with Crippen molar-refractivity contribution in [2.45, 2.75) is 33.7 Å². The fraction of sp³-hybridized carbons (Fsp3) is 0.400. The van der Waals surface area contributed by atoms with Crippen molar-refractivity contribution >= 4 is 11.7 Å². The molecule has 0 saturated carbocycles. The van der Waals surface area contributed by atoms with E-state index in [0.29, 0.717) is 5.82 Å². The number of urea groups is 1. The second-order valence-corrected chi connectivity index (χ2v) is 5.47. The highest BCUT2D eigenvalue weighted by atomic mass is 16.2. The van der Waals surface area contributed by atoms with Crippen LogP contribution >= 0.6 is 0 Å². The van der Waals surface area contributed by atoms with Crippen LogP contribution in [0.1, 0.15) is 37.1 Å². The van der Waals surface area contributed by atoms with Crippen molar-refractivity contribution in [1.82, 2.24) is 20.5 Å². The van der Waals surface area contributed by atoms with Crippen LogP contribution in [0, 0.1) is 19.8 Å². The molecule has 1 heterocycles. The lowest BCUT2D eigenvalue weighted by Crippen LogP contribution is -2.35. The molecule has 1 aromatic carbocycles. The van der Waals surface area contributed by atoms with Crippen molar-refractivity contribution in [3.63, 3.8) is 0 Å². The van der Waals surface area contributed by atoms with Crippen LogP contribution < -0.4 is 10.6 Å². The number of hydrogen-bond acceptors (Lipinski definition) is 3. The summed E-state index contributed by atoms with van der Waals surface area (Å²) in [5.74, 6) is 1.52. The Bertz CT molecular complexity index is 620. The molecule has 0 spiro atoms. The molecule has 6 heteroatoms. The number of nitrogens with zero attached hydrogens (tertiary/aromatic N) is 2. The lowest BCUT2D eigenvalue weighted by Gasteiger charge is -2.19.